The Hall–Kier alpha value is -0.650. The zero-order chi connectivity index (χ0) is 11.9. The van der Waals surface area contributed by atoms with Gasteiger partial charge in [0.25, 0.3) is 0 Å². The van der Waals surface area contributed by atoms with Crippen molar-refractivity contribution in [2.24, 2.45) is 0 Å². The molecule has 1 aromatic rings. The SMILES string of the molecule is Cc1ccnc(SCCNC2CCOCC2)n1. The quantitative estimate of drug-likeness (QED) is 0.491. The molecule has 0 aliphatic carbocycles. The molecular formula is C12H19N3OS. The molecule has 2 rings (SSSR count). The highest BCUT2D eigenvalue weighted by Crippen LogP contribution is 2.12. The summed E-state index contributed by atoms with van der Waals surface area (Å²) in [6.45, 7) is 4.79. The highest BCUT2D eigenvalue weighted by Gasteiger charge is 2.12. The van der Waals surface area contributed by atoms with E-state index >= 15 is 0 Å². The van der Waals surface area contributed by atoms with Crippen LogP contribution >= 0.6 is 11.8 Å². The lowest BCUT2D eigenvalue weighted by Crippen LogP contribution is -2.36. The number of aromatic nitrogens is 2. The van der Waals surface area contributed by atoms with Crippen molar-refractivity contribution in [3.05, 3.63) is 18.0 Å². The largest absolute Gasteiger partial charge is 0.381 e. The highest BCUT2D eigenvalue weighted by atomic mass is 32.2. The summed E-state index contributed by atoms with van der Waals surface area (Å²) >= 11 is 1.71. The van der Waals surface area contributed by atoms with Crippen LogP contribution in [0.15, 0.2) is 17.4 Å². The van der Waals surface area contributed by atoms with E-state index in [-0.39, 0.29) is 0 Å². The van der Waals surface area contributed by atoms with Crippen LogP contribution in [0, 0.1) is 6.92 Å². The number of nitrogens with one attached hydrogen (secondary N) is 1. The Morgan fingerprint density at radius 3 is 3.06 bits per heavy atom. The van der Waals surface area contributed by atoms with Crippen LogP contribution in [0.2, 0.25) is 0 Å². The molecule has 0 aromatic carbocycles. The number of thioether (sulfide) groups is 1. The molecule has 94 valence electrons. The van der Waals surface area contributed by atoms with Crippen molar-refractivity contribution >= 4 is 11.8 Å². The minimum absolute atomic E-state index is 0.628. The molecule has 5 heteroatoms. The number of hydrogen-bond acceptors (Lipinski definition) is 5. The van der Waals surface area contributed by atoms with Gasteiger partial charge in [-0.15, -0.1) is 0 Å². The Balaban J connectivity index is 1.62. The molecule has 0 saturated carbocycles. The molecule has 17 heavy (non-hydrogen) atoms. The van der Waals surface area contributed by atoms with Crippen molar-refractivity contribution in [1.29, 1.82) is 0 Å². The van der Waals surface area contributed by atoms with Crippen LogP contribution in [-0.2, 0) is 4.74 Å². The third kappa shape index (κ3) is 4.61. The zero-order valence-electron chi connectivity index (χ0n) is 10.2. The highest BCUT2D eigenvalue weighted by molar-refractivity contribution is 7.99. The van der Waals surface area contributed by atoms with Gasteiger partial charge in [0.1, 0.15) is 0 Å². The molecule has 1 aliphatic rings. The van der Waals surface area contributed by atoms with Crippen LogP contribution < -0.4 is 5.32 Å². The standard InChI is InChI=1S/C12H19N3OS/c1-10-2-5-14-12(15-10)17-9-6-13-11-3-7-16-8-4-11/h2,5,11,13H,3-4,6-9H2,1H3. The Morgan fingerprint density at radius 1 is 1.47 bits per heavy atom. The molecule has 1 aromatic heterocycles. The first-order chi connectivity index (χ1) is 8.34. The second-order valence-corrected chi connectivity index (χ2v) is 5.23. The Bertz CT molecular complexity index is 342. The summed E-state index contributed by atoms with van der Waals surface area (Å²) in [5.74, 6) is 1.01. The number of rotatable bonds is 5. The molecule has 1 aliphatic heterocycles. The molecule has 1 saturated heterocycles. The van der Waals surface area contributed by atoms with E-state index in [0.717, 1.165) is 49.2 Å². The van der Waals surface area contributed by atoms with E-state index in [1.165, 1.54) is 0 Å². The molecule has 0 amide bonds. The van der Waals surface area contributed by atoms with Crippen LogP contribution in [0.5, 0.6) is 0 Å². The van der Waals surface area contributed by atoms with Gasteiger partial charge in [0.05, 0.1) is 0 Å². The van der Waals surface area contributed by atoms with Crippen molar-refractivity contribution < 1.29 is 4.74 Å². The van der Waals surface area contributed by atoms with Crippen molar-refractivity contribution in [1.82, 2.24) is 15.3 Å². The average molecular weight is 253 g/mol. The predicted molar refractivity (Wildman–Crippen MR) is 69.3 cm³/mol. The average Bonchev–Trinajstić information content (AvgIpc) is 2.36. The van der Waals surface area contributed by atoms with Crippen molar-refractivity contribution in [2.45, 2.75) is 31.0 Å². The minimum atomic E-state index is 0.628. The molecule has 0 radical (unpaired) electrons. The molecular weight excluding hydrogens is 234 g/mol. The molecule has 0 bridgehead atoms. The maximum atomic E-state index is 5.32. The third-order valence-electron chi connectivity index (χ3n) is 2.76. The predicted octanol–water partition coefficient (Wildman–Crippen LogP) is 1.65. The van der Waals surface area contributed by atoms with Gasteiger partial charge < -0.3 is 10.1 Å². The Morgan fingerprint density at radius 2 is 2.29 bits per heavy atom. The lowest BCUT2D eigenvalue weighted by molar-refractivity contribution is 0.0786. The monoisotopic (exact) mass is 253 g/mol. The lowest BCUT2D eigenvalue weighted by atomic mass is 10.1. The van der Waals surface area contributed by atoms with E-state index < -0.39 is 0 Å². The molecule has 0 spiro atoms. The molecule has 2 heterocycles. The maximum Gasteiger partial charge on any atom is 0.187 e. The summed E-state index contributed by atoms with van der Waals surface area (Å²) in [5.41, 5.74) is 1.03. The summed E-state index contributed by atoms with van der Waals surface area (Å²) in [5, 5.41) is 4.42. The molecule has 1 fully saturated rings. The molecule has 0 atom stereocenters. The second-order valence-electron chi connectivity index (χ2n) is 4.17. The Kier molecular flexibility index (Phi) is 5.22. The third-order valence-corrected chi connectivity index (χ3v) is 3.62. The van der Waals surface area contributed by atoms with Crippen LogP contribution in [0.1, 0.15) is 18.5 Å². The van der Waals surface area contributed by atoms with Crippen molar-refractivity contribution in [3.8, 4) is 0 Å². The van der Waals surface area contributed by atoms with E-state index in [4.69, 9.17) is 4.74 Å². The van der Waals surface area contributed by atoms with Crippen molar-refractivity contribution in [2.75, 3.05) is 25.5 Å². The molecule has 4 nitrogen and oxygen atoms in total. The topological polar surface area (TPSA) is 47.0 Å². The number of nitrogens with zero attached hydrogens (tertiary/aromatic N) is 2. The first-order valence-electron chi connectivity index (χ1n) is 6.08. The summed E-state index contributed by atoms with van der Waals surface area (Å²) in [4.78, 5) is 8.59. The Labute approximate surface area is 107 Å². The van der Waals surface area contributed by atoms with E-state index in [0.29, 0.717) is 6.04 Å². The van der Waals surface area contributed by atoms with Crippen LogP contribution in [0.3, 0.4) is 0 Å². The minimum Gasteiger partial charge on any atom is -0.381 e. The summed E-state index contributed by atoms with van der Waals surface area (Å²) < 4.78 is 5.32. The fourth-order valence-electron chi connectivity index (χ4n) is 1.80. The smallest absolute Gasteiger partial charge is 0.187 e. The van der Waals surface area contributed by atoms with E-state index in [9.17, 15) is 0 Å². The van der Waals surface area contributed by atoms with E-state index in [1.54, 1.807) is 11.8 Å². The number of ether oxygens (including phenoxy) is 1. The van der Waals surface area contributed by atoms with Gasteiger partial charge in [-0.3, -0.25) is 0 Å². The van der Waals surface area contributed by atoms with Crippen LogP contribution in [0.25, 0.3) is 0 Å². The van der Waals surface area contributed by atoms with Crippen LogP contribution in [-0.4, -0.2) is 41.5 Å². The summed E-state index contributed by atoms with van der Waals surface area (Å²) in [6.07, 6.45) is 4.08. The van der Waals surface area contributed by atoms with Crippen LogP contribution in [0.4, 0.5) is 0 Å². The van der Waals surface area contributed by atoms with Gasteiger partial charge >= 0.3 is 0 Å². The van der Waals surface area contributed by atoms with E-state index in [1.807, 2.05) is 19.2 Å². The first-order valence-corrected chi connectivity index (χ1v) is 7.07. The first kappa shape index (κ1) is 12.8. The zero-order valence-corrected chi connectivity index (χ0v) is 11.0. The van der Waals surface area contributed by atoms with Gasteiger partial charge in [-0.1, -0.05) is 11.8 Å². The van der Waals surface area contributed by atoms with E-state index in [2.05, 4.69) is 15.3 Å². The molecule has 1 N–H and O–H groups in total. The fraction of sp³-hybridized carbons (Fsp3) is 0.667. The molecule has 0 unspecified atom stereocenters. The summed E-state index contributed by atoms with van der Waals surface area (Å²) in [6, 6.07) is 2.55. The van der Waals surface area contributed by atoms with Gasteiger partial charge in [-0.05, 0) is 25.8 Å². The van der Waals surface area contributed by atoms with Gasteiger partial charge in [0.2, 0.25) is 0 Å². The fourth-order valence-corrected chi connectivity index (χ4v) is 2.55. The summed E-state index contributed by atoms with van der Waals surface area (Å²) in [7, 11) is 0. The van der Waals surface area contributed by atoms with Gasteiger partial charge in [-0.2, -0.15) is 0 Å². The maximum absolute atomic E-state index is 5.32. The second kappa shape index (κ2) is 6.93. The van der Waals surface area contributed by atoms with Gasteiger partial charge in [0, 0.05) is 43.4 Å². The van der Waals surface area contributed by atoms with Gasteiger partial charge in [-0.25, -0.2) is 9.97 Å². The number of hydrogen-bond donors (Lipinski definition) is 1. The van der Waals surface area contributed by atoms with Crippen molar-refractivity contribution in [3.63, 3.8) is 0 Å². The number of aryl methyl sites for hydroxylation is 1. The van der Waals surface area contributed by atoms with Gasteiger partial charge in [0.15, 0.2) is 5.16 Å². The normalized spacial score (nSPS) is 17.2. The lowest BCUT2D eigenvalue weighted by Gasteiger charge is -2.22.